The van der Waals surface area contributed by atoms with E-state index in [4.69, 9.17) is 9.68 Å². The Labute approximate surface area is 88.9 Å². The first-order valence-corrected chi connectivity index (χ1v) is 5.01. The summed E-state index contributed by atoms with van der Waals surface area (Å²) in [6.45, 7) is 2.46. The monoisotopic (exact) mass is 206 g/mol. The number of nitrogens with zero attached hydrogens (tertiary/aromatic N) is 1. The second-order valence-corrected chi connectivity index (χ2v) is 3.13. The zero-order valence-electron chi connectivity index (χ0n) is 8.75. The maximum Gasteiger partial charge on any atom is 0.254 e. The summed E-state index contributed by atoms with van der Waals surface area (Å²) < 4.78 is 5.15. The van der Waals surface area contributed by atoms with Crippen LogP contribution in [-0.4, -0.2) is 12.5 Å². The fourth-order valence-corrected chi connectivity index (χ4v) is 1.28. The van der Waals surface area contributed by atoms with Gasteiger partial charge in [0.1, 0.15) is 5.76 Å². The van der Waals surface area contributed by atoms with Gasteiger partial charge in [0, 0.05) is 19.4 Å². The number of carbonyl (C=O) groups is 1. The molecule has 1 aromatic heterocycles. The predicted octanol–water partition coefficient (Wildman–Crippen LogP) is 1.88. The second-order valence-electron chi connectivity index (χ2n) is 3.13. The molecule has 0 fully saturated rings. The van der Waals surface area contributed by atoms with Gasteiger partial charge >= 0.3 is 0 Å². The Morgan fingerprint density at radius 3 is 3.13 bits per heavy atom. The highest BCUT2D eigenvalue weighted by Gasteiger charge is 2.11. The van der Waals surface area contributed by atoms with Crippen LogP contribution in [0.5, 0.6) is 0 Å². The van der Waals surface area contributed by atoms with Gasteiger partial charge in [-0.1, -0.05) is 6.92 Å². The van der Waals surface area contributed by atoms with Crippen molar-refractivity contribution in [2.75, 3.05) is 6.54 Å². The third kappa shape index (κ3) is 3.13. The lowest BCUT2D eigenvalue weighted by atomic mass is 10.2. The largest absolute Gasteiger partial charge is 0.469 e. The molecule has 1 aromatic rings. The van der Waals surface area contributed by atoms with Gasteiger partial charge in [0.25, 0.3) is 5.91 Å². The molecule has 0 radical (unpaired) electrons. The van der Waals surface area contributed by atoms with Gasteiger partial charge in [-0.3, -0.25) is 4.79 Å². The lowest BCUT2D eigenvalue weighted by Crippen LogP contribution is -2.24. The van der Waals surface area contributed by atoms with Crippen LogP contribution in [0.25, 0.3) is 0 Å². The van der Waals surface area contributed by atoms with Crippen LogP contribution in [0.4, 0.5) is 0 Å². The summed E-state index contributed by atoms with van der Waals surface area (Å²) in [7, 11) is 0. The summed E-state index contributed by atoms with van der Waals surface area (Å²) in [6, 6.07) is 3.69. The highest BCUT2D eigenvalue weighted by atomic mass is 16.3. The van der Waals surface area contributed by atoms with Crippen LogP contribution < -0.4 is 5.32 Å². The van der Waals surface area contributed by atoms with Gasteiger partial charge in [0.15, 0.2) is 0 Å². The molecule has 80 valence electrons. The maximum absolute atomic E-state index is 11.6. The lowest BCUT2D eigenvalue weighted by Gasteiger charge is -2.02. The van der Waals surface area contributed by atoms with Crippen LogP contribution >= 0.6 is 0 Å². The topological polar surface area (TPSA) is 66.0 Å². The van der Waals surface area contributed by atoms with E-state index in [0.29, 0.717) is 37.1 Å². The van der Waals surface area contributed by atoms with Crippen molar-refractivity contribution in [1.82, 2.24) is 5.32 Å². The minimum atomic E-state index is -0.126. The van der Waals surface area contributed by atoms with Crippen molar-refractivity contribution in [2.45, 2.75) is 26.2 Å². The van der Waals surface area contributed by atoms with E-state index in [1.165, 1.54) is 6.26 Å². The van der Waals surface area contributed by atoms with Crippen molar-refractivity contribution in [3.63, 3.8) is 0 Å². The van der Waals surface area contributed by atoms with Gasteiger partial charge in [-0.05, 0) is 12.5 Å². The van der Waals surface area contributed by atoms with E-state index in [1.54, 1.807) is 6.07 Å². The Kier molecular flexibility index (Phi) is 4.42. The molecule has 0 unspecified atom stereocenters. The fraction of sp³-hybridized carbons (Fsp3) is 0.455. The van der Waals surface area contributed by atoms with Crippen LogP contribution in [0.3, 0.4) is 0 Å². The molecule has 1 N–H and O–H groups in total. The molecule has 0 atom stereocenters. The van der Waals surface area contributed by atoms with Crippen molar-refractivity contribution < 1.29 is 9.21 Å². The number of rotatable bonds is 5. The molecule has 15 heavy (non-hydrogen) atoms. The third-order valence-corrected chi connectivity index (χ3v) is 2.06. The van der Waals surface area contributed by atoms with Crippen LogP contribution in [0.15, 0.2) is 16.7 Å². The second kappa shape index (κ2) is 5.86. The van der Waals surface area contributed by atoms with Gasteiger partial charge in [-0.2, -0.15) is 5.26 Å². The SMILES string of the molecule is CCc1occc1C(=O)NCCCC#N. The highest BCUT2D eigenvalue weighted by Crippen LogP contribution is 2.10. The Hall–Kier alpha value is -1.76. The summed E-state index contributed by atoms with van der Waals surface area (Å²) in [6.07, 6.45) is 3.37. The zero-order chi connectivity index (χ0) is 11.1. The molecular weight excluding hydrogens is 192 g/mol. The van der Waals surface area contributed by atoms with Crippen molar-refractivity contribution in [3.8, 4) is 6.07 Å². The third-order valence-electron chi connectivity index (χ3n) is 2.06. The Balaban J connectivity index is 2.44. The average Bonchev–Trinajstić information content (AvgIpc) is 2.72. The Morgan fingerprint density at radius 2 is 2.47 bits per heavy atom. The number of hydrogen-bond acceptors (Lipinski definition) is 3. The number of nitriles is 1. The van der Waals surface area contributed by atoms with Crippen molar-refractivity contribution in [2.24, 2.45) is 0 Å². The smallest absolute Gasteiger partial charge is 0.254 e. The quantitative estimate of drug-likeness (QED) is 0.748. The van der Waals surface area contributed by atoms with E-state index >= 15 is 0 Å². The first-order valence-electron chi connectivity index (χ1n) is 5.01. The van der Waals surface area contributed by atoms with Crippen LogP contribution in [0, 0.1) is 11.3 Å². The molecule has 0 aliphatic carbocycles. The normalized spacial score (nSPS) is 9.60. The van der Waals surface area contributed by atoms with Crippen LogP contribution in [0.2, 0.25) is 0 Å². The molecule has 4 nitrogen and oxygen atoms in total. The Morgan fingerprint density at radius 1 is 1.67 bits per heavy atom. The minimum absolute atomic E-state index is 0.126. The summed E-state index contributed by atoms with van der Waals surface area (Å²) in [5, 5.41) is 11.1. The molecule has 0 aliphatic heterocycles. The molecule has 0 aliphatic rings. The number of hydrogen-bond donors (Lipinski definition) is 1. The van der Waals surface area contributed by atoms with E-state index in [9.17, 15) is 4.79 Å². The molecule has 0 saturated heterocycles. The standard InChI is InChI=1S/C11H14N2O2/c1-2-10-9(5-8-15-10)11(14)13-7-4-3-6-12/h5,8H,2-4,7H2,1H3,(H,13,14). The van der Waals surface area contributed by atoms with Crippen LogP contribution in [-0.2, 0) is 6.42 Å². The van der Waals surface area contributed by atoms with Crippen molar-refractivity contribution >= 4 is 5.91 Å². The van der Waals surface area contributed by atoms with E-state index in [-0.39, 0.29) is 5.91 Å². The van der Waals surface area contributed by atoms with Gasteiger partial charge < -0.3 is 9.73 Å². The molecule has 0 spiro atoms. The number of furan rings is 1. The highest BCUT2D eigenvalue weighted by molar-refractivity contribution is 5.95. The van der Waals surface area contributed by atoms with Crippen molar-refractivity contribution in [1.29, 1.82) is 5.26 Å². The predicted molar refractivity (Wildman–Crippen MR) is 55.3 cm³/mol. The molecule has 0 aromatic carbocycles. The fourth-order valence-electron chi connectivity index (χ4n) is 1.28. The summed E-state index contributed by atoms with van der Waals surface area (Å²) >= 11 is 0. The van der Waals surface area contributed by atoms with Gasteiger partial charge in [0.2, 0.25) is 0 Å². The molecule has 4 heteroatoms. The summed E-state index contributed by atoms with van der Waals surface area (Å²) in [5.74, 6) is 0.575. The van der Waals surface area contributed by atoms with Gasteiger partial charge in [-0.25, -0.2) is 0 Å². The lowest BCUT2D eigenvalue weighted by molar-refractivity contribution is 0.0951. The zero-order valence-corrected chi connectivity index (χ0v) is 8.75. The summed E-state index contributed by atoms with van der Waals surface area (Å²) in [4.78, 5) is 11.6. The summed E-state index contributed by atoms with van der Waals surface area (Å²) in [5.41, 5.74) is 0.592. The van der Waals surface area contributed by atoms with E-state index in [0.717, 1.165) is 0 Å². The number of carbonyl (C=O) groups excluding carboxylic acids is 1. The van der Waals surface area contributed by atoms with E-state index in [2.05, 4.69) is 5.32 Å². The number of nitrogens with one attached hydrogen (secondary N) is 1. The molecule has 1 heterocycles. The number of amides is 1. The number of unbranched alkanes of at least 4 members (excludes halogenated alkanes) is 1. The Bertz CT molecular complexity index is 363. The average molecular weight is 206 g/mol. The maximum atomic E-state index is 11.6. The molecule has 0 saturated carbocycles. The first-order chi connectivity index (χ1) is 7.29. The number of aryl methyl sites for hydroxylation is 1. The van der Waals surface area contributed by atoms with E-state index < -0.39 is 0 Å². The van der Waals surface area contributed by atoms with Gasteiger partial charge in [-0.15, -0.1) is 0 Å². The molecular formula is C11H14N2O2. The minimum Gasteiger partial charge on any atom is -0.469 e. The first kappa shape index (κ1) is 11.3. The van der Waals surface area contributed by atoms with E-state index in [1.807, 2.05) is 13.0 Å². The molecule has 0 bridgehead atoms. The molecule has 1 rings (SSSR count). The van der Waals surface area contributed by atoms with Crippen LogP contribution in [0.1, 0.15) is 35.9 Å². The molecule has 1 amide bonds. The van der Waals surface area contributed by atoms with Gasteiger partial charge in [0.05, 0.1) is 17.9 Å². The van der Waals surface area contributed by atoms with Crippen molar-refractivity contribution in [3.05, 3.63) is 23.7 Å².